The fourth-order valence-electron chi connectivity index (χ4n) is 4.82. The summed E-state index contributed by atoms with van der Waals surface area (Å²) in [7, 11) is -2.20. The SMILES string of the molecule is CC(CNC(=O)OCc1ccc([N+](=O)[O-])cc1)SC1=C(C(=O)OCc2ccc([N+](=O)[O-])cc2)N2C(=O)[C@H]([C@@H](C)O[Si](C)(C)C(C)(C)C)[C@H]2S1. The maximum atomic E-state index is 13.6. The zero-order chi connectivity index (χ0) is 36.3. The molecule has 0 spiro atoms. The van der Waals surface area contributed by atoms with Gasteiger partial charge in [-0.05, 0) is 60.4 Å². The molecule has 49 heavy (non-hydrogen) atoms. The van der Waals surface area contributed by atoms with Crippen molar-refractivity contribution in [2.75, 3.05) is 6.54 Å². The molecule has 1 N–H and O–H groups in total. The first-order valence-corrected chi connectivity index (χ1v) is 20.2. The third kappa shape index (κ3) is 9.00. The Kier molecular flexibility index (Phi) is 11.8. The second kappa shape index (κ2) is 15.3. The highest BCUT2D eigenvalue weighted by Gasteiger charge is 2.59. The van der Waals surface area contributed by atoms with Crippen molar-refractivity contribution < 1.29 is 38.1 Å². The lowest BCUT2D eigenvalue weighted by molar-refractivity contribution is -0.385. The fraction of sp³-hybridized carbons (Fsp3) is 0.469. The van der Waals surface area contributed by atoms with Crippen LogP contribution in [0.1, 0.15) is 45.7 Å². The highest BCUT2D eigenvalue weighted by atomic mass is 32.2. The third-order valence-corrected chi connectivity index (χ3v) is 15.9. The number of alkyl carbamates (subject to hydrolysis) is 1. The quantitative estimate of drug-likeness (QED) is 0.0715. The van der Waals surface area contributed by atoms with Gasteiger partial charge in [0.15, 0.2) is 14.0 Å². The number of nitro groups is 2. The van der Waals surface area contributed by atoms with Crippen molar-refractivity contribution in [1.82, 2.24) is 10.2 Å². The molecule has 2 aliphatic heterocycles. The van der Waals surface area contributed by atoms with Crippen LogP contribution in [0.15, 0.2) is 58.5 Å². The Labute approximate surface area is 293 Å². The molecule has 2 aromatic carbocycles. The normalized spacial score (nSPS) is 18.7. The topological polar surface area (TPSA) is 180 Å². The average molecular weight is 733 g/mol. The van der Waals surface area contributed by atoms with E-state index >= 15 is 0 Å². The van der Waals surface area contributed by atoms with Crippen molar-refractivity contribution in [2.24, 2.45) is 5.92 Å². The lowest BCUT2D eigenvalue weighted by atomic mass is 9.92. The number of thioether (sulfide) groups is 2. The zero-order valence-corrected chi connectivity index (χ0v) is 30.9. The Hall–Kier alpha value is -3.93. The second-order valence-electron chi connectivity index (χ2n) is 13.3. The predicted molar refractivity (Wildman–Crippen MR) is 188 cm³/mol. The highest BCUT2D eigenvalue weighted by molar-refractivity contribution is 8.23. The van der Waals surface area contributed by atoms with E-state index < -0.39 is 36.1 Å². The van der Waals surface area contributed by atoms with Gasteiger partial charge in [0.1, 0.15) is 18.6 Å². The highest BCUT2D eigenvalue weighted by Crippen LogP contribution is 2.55. The molecule has 0 aliphatic carbocycles. The van der Waals surface area contributed by atoms with Crippen molar-refractivity contribution in [2.45, 2.75) is 82.7 Å². The first-order valence-electron chi connectivity index (χ1n) is 15.5. The number of hydrogen-bond acceptors (Lipinski definition) is 12. The number of nitro benzene ring substituents is 2. The first kappa shape index (κ1) is 37.9. The molecular formula is C32H40N4O10S2Si. The Morgan fingerprint density at radius 3 is 1.96 bits per heavy atom. The van der Waals surface area contributed by atoms with E-state index in [9.17, 15) is 34.6 Å². The number of fused-ring (bicyclic) bond motifs is 1. The lowest BCUT2D eigenvalue weighted by Crippen LogP contribution is -2.62. The standard InChI is InChI=1S/C32H40N4O10S2Si/c1-19(16-33-31(39)45-18-22-10-14-24(15-11-22)36(42)43)47-30-26(29(38)44-17-21-8-12-23(13-9-21)35(40)41)34-27(37)25(28(34)48-30)20(2)46-49(6,7)32(3,4)5/h8-15,19-20,25,28H,16-18H2,1-7H3,(H,33,39)/t19?,20-,25+,28-/m1/s1. The molecule has 0 bridgehead atoms. The van der Waals surface area contributed by atoms with Crippen LogP contribution in [0, 0.1) is 26.1 Å². The van der Waals surface area contributed by atoms with Crippen LogP contribution in [0.5, 0.6) is 0 Å². The number of nitrogens with zero attached hydrogens (tertiary/aromatic N) is 3. The first-order chi connectivity index (χ1) is 22.9. The number of carbonyl (C=O) groups excluding carboxylic acids is 3. The van der Waals surface area contributed by atoms with Gasteiger partial charge in [0.25, 0.3) is 11.4 Å². The summed E-state index contributed by atoms with van der Waals surface area (Å²) in [4.78, 5) is 61.8. The van der Waals surface area contributed by atoms with Crippen molar-refractivity contribution in [3.05, 3.63) is 89.8 Å². The molecule has 2 aromatic rings. The third-order valence-electron chi connectivity index (χ3n) is 8.61. The van der Waals surface area contributed by atoms with E-state index in [0.717, 1.165) is 0 Å². The number of non-ortho nitro benzene ring substituents is 2. The molecule has 0 radical (unpaired) electrons. The molecule has 1 saturated heterocycles. The Bertz CT molecular complexity index is 1630. The molecule has 0 aromatic heterocycles. The van der Waals surface area contributed by atoms with Crippen molar-refractivity contribution in [3.63, 3.8) is 0 Å². The fourth-order valence-corrected chi connectivity index (χ4v) is 9.40. The van der Waals surface area contributed by atoms with E-state index in [0.29, 0.717) is 15.4 Å². The number of nitrogens with one attached hydrogen (secondary N) is 1. The van der Waals surface area contributed by atoms with Crippen molar-refractivity contribution in [3.8, 4) is 0 Å². The van der Waals surface area contributed by atoms with Gasteiger partial charge < -0.3 is 19.2 Å². The van der Waals surface area contributed by atoms with Crippen LogP contribution in [0.3, 0.4) is 0 Å². The minimum Gasteiger partial charge on any atom is -0.456 e. The predicted octanol–water partition coefficient (Wildman–Crippen LogP) is 6.71. The van der Waals surface area contributed by atoms with Gasteiger partial charge in [-0.3, -0.25) is 29.9 Å². The molecule has 2 heterocycles. The van der Waals surface area contributed by atoms with E-state index in [2.05, 4.69) is 39.2 Å². The maximum Gasteiger partial charge on any atom is 0.407 e. The largest absolute Gasteiger partial charge is 0.456 e. The van der Waals surface area contributed by atoms with Gasteiger partial charge in [-0.15, -0.1) is 11.8 Å². The van der Waals surface area contributed by atoms with Crippen molar-refractivity contribution >= 4 is 61.2 Å². The van der Waals surface area contributed by atoms with Gasteiger partial charge in [0.2, 0.25) is 5.91 Å². The minimum absolute atomic E-state index is 0.0614. The van der Waals surface area contributed by atoms with Gasteiger partial charge >= 0.3 is 12.1 Å². The smallest absolute Gasteiger partial charge is 0.407 e. The summed E-state index contributed by atoms with van der Waals surface area (Å²) < 4.78 is 18.0. The van der Waals surface area contributed by atoms with Crippen LogP contribution < -0.4 is 5.32 Å². The summed E-state index contributed by atoms with van der Waals surface area (Å²) in [5.41, 5.74) is 1.10. The van der Waals surface area contributed by atoms with Crippen LogP contribution in [0.25, 0.3) is 0 Å². The molecule has 4 atom stereocenters. The van der Waals surface area contributed by atoms with Gasteiger partial charge in [0.05, 0.1) is 26.1 Å². The maximum absolute atomic E-state index is 13.6. The van der Waals surface area contributed by atoms with Crippen molar-refractivity contribution in [1.29, 1.82) is 0 Å². The molecule has 0 saturated carbocycles. The van der Waals surface area contributed by atoms with E-state index in [1.54, 1.807) is 0 Å². The van der Waals surface area contributed by atoms with Gasteiger partial charge in [0, 0.05) is 36.1 Å². The van der Waals surface area contributed by atoms with Crippen LogP contribution in [-0.2, 0) is 36.7 Å². The summed E-state index contributed by atoms with van der Waals surface area (Å²) in [5.74, 6) is -1.41. The van der Waals surface area contributed by atoms with Crippen LogP contribution >= 0.6 is 23.5 Å². The monoisotopic (exact) mass is 732 g/mol. The van der Waals surface area contributed by atoms with Crippen LogP contribution in [0.2, 0.25) is 18.1 Å². The Morgan fingerprint density at radius 1 is 0.959 bits per heavy atom. The zero-order valence-electron chi connectivity index (χ0n) is 28.3. The number of esters is 1. The van der Waals surface area contributed by atoms with E-state index in [-0.39, 0.29) is 64.5 Å². The lowest BCUT2D eigenvalue weighted by Gasteiger charge is -2.48. The van der Waals surface area contributed by atoms with Gasteiger partial charge in [-0.25, -0.2) is 9.59 Å². The number of rotatable bonds is 14. The van der Waals surface area contributed by atoms with Gasteiger partial charge in [-0.1, -0.05) is 39.5 Å². The molecule has 14 nitrogen and oxygen atoms in total. The van der Waals surface area contributed by atoms with E-state index in [4.69, 9.17) is 13.9 Å². The van der Waals surface area contributed by atoms with Gasteiger partial charge in [-0.2, -0.15) is 0 Å². The number of benzene rings is 2. The number of amides is 2. The molecule has 2 aliphatic rings. The molecule has 2 amide bonds. The molecule has 17 heteroatoms. The summed E-state index contributed by atoms with van der Waals surface area (Å²) in [6.45, 7) is 14.3. The average Bonchev–Trinajstić information content (AvgIpc) is 3.34. The number of β-lactam (4-membered cyclic amide) rings is 1. The molecule has 264 valence electrons. The van der Waals surface area contributed by atoms with Crippen LogP contribution in [-0.4, -0.2) is 64.3 Å². The Morgan fingerprint density at radius 2 is 1.47 bits per heavy atom. The molecule has 4 rings (SSSR count). The second-order valence-corrected chi connectivity index (χ2v) is 20.9. The van der Waals surface area contributed by atoms with E-state index in [1.165, 1.54) is 77.0 Å². The van der Waals surface area contributed by atoms with Crippen LogP contribution in [0.4, 0.5) is 16.2 Å². The summed E-state index contributed by atoms with van der Waals surface area (Å²) >= 11 is 2.70. The molecule has 1 unspecified atom stereocenters. The summed E-state index contributed by atoms with van der Waals surface area (Å²) in [6, 6.07) is 11.3. The number of ether oxygens (including phenoxy) is 2. The summed E-state index contributed by atoms with van der Waals surface area (Å²) in [6.07, 6.45) is -1.06. The van der Waals surface area contributed by atoms with E-state index in [1.807, 2.05) is 13.8 Å². The molecule has 1 fully saturated rings. The summed E-state index contributed by atoms with van der Waals surface area (Å²) in [5, 5.41) is 23.9. The molecular weight excluding hydrogens is 693 g/mol. The Balaban J connectivity index is 1.43. The minimum atomic E-state index is -2.20. The number of hydrogen-bond donors (Lipinski definition) is 1. The number of carbonyl (C=O) groups is 3.